The van der Waals surface area contributed by atoms with Crippen molar-refractivity contribution in [2.24, 2.45) is 5.84 Å². The summed E-state index contributed by atoms with van der Waals surface area (Å²) in [5, 5.41) is 5.23. The van der Waals surface area contributed by atoms with E-state index < -0.39 is 25.8 Å². The molecule has 3 N–H and O–H groups in total. The Balaban J connectivity index is 1.90. The van der Waals surface area contributed by atoms with Crippen molar-refractivity contribution in [1.29, 1.82) is 0 Å². The normalized spacial score (nSPS) is 11.6. The quantitative estimate of drug-likeness (QED) is 0.367. The molecule has 3 aromatic rings. The van der Waals surface area contributed by atoms with Gasteiger partial charge in [-0.25, -0.2) is 27.7 Å². The Morgan fingerprint density at radius 2 is 1.53 bits per heavy atom. The molecule has 1 aromatic heterocycles. The van der Waals surface area contributed by atoms with Crippen LogP contribution in [0.3, 0.4) is 0 Å². The summed E-state index contributed by atoms with van der Waals surface area (Å²) in [5.41, 5.74) is 0.538. The molecule has 2 aromatic carbocycles. The van der Waals surface area contributed by atoms with Crippen LogP contribution in [0.15, 0.2) is 82.3 Å². The second-order valence-corrected chi connectivity index (χ2v) is 9.96. The highest BCUT2D eigenvalue weighted by molar-refractivity contribution is 7.94. The van der Waals surface area contributed by atoms with E-state index in [1.165, 1.54) is 48.5 Å². The van der Waals surface area contributed by atoms with Gasteiger partial charge in [-0.15, -0.1) is 0 Å². The van der Waals surface area contributed by atoms with Crippen LogP contribution in [0.5, 0.6) is 0 Å². The van der Waals surface area contributed by atoms with E-state index in [0.29, 0.717) is 5.69 Å². The van der Waals surface area contributed by atoms with Gasteiger partial charge in [0.05, 0.1) is 15.5 Å². The second kappa shape index (κ2) is 8.82. The third-order valence-electron chi connectivity index (χ3n) is 4.11. The second-order valence-electron chi connectivity index (χ2n) is 6.17. The van der Waals surface area contributed by atoms with Crippen LogP contribution in [0.2, 0.25) is 0 Å². The van der Waals surface area contributed by atoms with Crippen molar-refractivity contribution >= 4 is 42.9 Å². The van der Waals surface area contributed by atoms with Crippen LogP contribution >= 0.6 is 0 Å². The molecule has 0 spiro atoms. The lowest BCUT2D eigenvalue weighted by atomic mass is 10.3. The van der Waals surface area contributed by atoms with Gasteiger partial charge in [0.25, 0.3) is 5.95 Å². The molecule has 13 heteroatoms. The van der Waals surface area contributed by atoms with Crippen molar-refractivity contribution in [3.05, 3.63) is 78.6 Å². The van der Waals surface area contributed by atoms with E-state index in [-0.39, 0.29) is 27.4 Å². The molecule has 0 amide bonds. The number of anilines is 4. The lowest BCUT2D eigenvalue weighted by Gasteiger charge is -2.17. The summed E-state index contributed by atoms with van der Waals surface area (Å²) in [6.45, 7) is 6.52. The fourth-order valence-corrected chi connectivity index (χ4v) is 3.93. The van der Waals surface area contributed by atoms with Gasteiger partial charge in [0.2, 0.25) is 5.95 Å². The Morgan fingerprint density at radius 3 is 2.16 bits per heavy atom. The Morgan fingerprint density at radius 1 is 0.906 bits per heavy atom. The van der Waals surface area contributed by atoms with Crippen molar-refractivity contribution in [3.8, 4) is 0 Å². The van der Waals surface area contributed by atoms with Gasteiger partial charge in [-0.05, 0) is 42.5 Å². The summed E-state index contributed by atoms with van der Waals surface area (Å²) in [4.78, 5) is 11.1. The zero-order valence-electron chi connectivity index (χ0n) is 16.4. The van der Waals surface area contributed by atoms with Gasteiger partial charge >= 0.3 is 6.08 Å². The lowest BCUT2D eigenvalue weighted by Crippen LogP contribution is -2.28. The van der Waals surface area contributed by atoms with E-state index in [4.69, 9.17) is 5.84 Å². The molecule has 32 heavy (non-hydrogen) atoms. The number of rotatable bonds is 8. The van der Waals surface area contributed by atoms with Gasteiger partial charge < -0.3 is 5.32 Å². The van der Waals surface area contributed by atoms with Crippen molar-refractivity contribution in [1.82, 2.24) is 15.0 Å². The van der Waals surface area contributed by atoms with Gasteiger partial charge in [0.15, 0.2) is 19.7 Å². The van der Waals surface area contributed by atoms with E-state index in [2.05, 4.69) is 33.4 Å². The third kappa shape index (κ3) is 4.96. The SMILES string of the molecule is C=CS(=O)(=O)c1ccc(Nc2nc(F)nc(N(N)c3cccc(S(=O)(=O)C=C)c3)n2)cc1. The third-order valence-corrected chi connectivity index (χ3v) is 6.83. The van der Waals surface area contributed by atoms with Crippen LogP contribution in [0.4, 0.5) is 27.7 Å². The molecule has 0 saturated heterocycles. The van der Waals surface area contributed by atoms with E-state index in [1.807, 2.05) is 0 Å². The van der Waals surface area contributed by atoms with Crippen molar-refractivity contribution in [3.63, 3.8) is 0 Å². The van der Waals surface area contributed by atoms with Crippen LogP contribution in [0, 0.1) is 6.08 Å². The van der Waals surface area contributed by atoms with Gasteiger partial charge in [-0.1, -0.05) is 19.2 Å². The average Bonchev–Trinajstić information content (AvgIpc) is 2.78. The lowest BCUT2D eigenvalue weighted by molar-refractivity contribution is 0.534. The van der Waals surface area contributed by atoms with Gasteiger partial charge in [0, 0.05) is 16.5 Å². The number of halogens is 1. The van der Waals surface area contributed by atoms with Crippen LogP contribution in [0.1, 0.15) is 0 Å². The number of hydrogen-bond acceptors (Lipinski definition) is 10. The molecule has 0 unspecified atom stereocenters. The fourth-order valence-electron chi connectivity index (χ4n) is 2.48. The van der Waals surface area contributed by atoms with E-state index in [0.717, 1.165) is 15.8 Å². The molecular formula is C19H17FN6O4S2. The molecule has 0 aliphatic heterocycles. The summed E-state index contributed by atoms with van der Waals surface area (Å²) >= 11 is 0. The minimum atomic E-state index is -3.72. The van der Waals surface area contributed by atoms with Crippen molar-refractivity contribution in [2.75, 3.05) is 10.3 Å². The molecule has 0 aliphatic carbocycles. The Kier molecular flexibility index (Phi) is 6.34. The number of nitrogens with two attached hydrogens (primary N) is 1. The van der Waals surface area contributed by atoms with Crippen molar-refractivity contribution < 1.29 is 21.2 Å². The van der Waals surface area contributed by atoms with E-state index in [9.17, 15) is 21.2 Å². The van der Waals surface area contributed by atoms with Gasteiger partial charge in [-0.2, -0.15) is 19.3 Å². The molecule has 1 heterocycles. The van der Waals surface area contributed by atoms with Crippen molar-refractivity contribution in [2.45, 2.75) is 9.79 Å². The molecule has 10 nitrogen and oxygen atoms in total. The minimum Gasteiger partial charge on any atom is -0.324 e. The summed E-state index contributed by atoms with van der Waals surface area (Å²) in [5.74, 6) is 5.46. The topological polar surface area (TPSA) is 148 Å². The largest absolute Gasteiger partial charge is 0.324 e. The molecule has 0 atom stereocenters. The molecule has 166 valence electrons. The summed E-state index contributed by atoms with van der Waals surface area (Å²) in [7, 11) is -7.31. The molecule has 3 rings (SSSR count). The fraction of sp³-hybridized carbons (Fsp3) is 0. The standard InChI is InChI=1S/C19H17FN6O4S2/c1-3-31(27,28)15-10-8-13(9-11-15)22-18-23-17(20)24-19(25-18)26(21)14-6-5-7-16(12-14)32(29,30)4-2/h3-12H,1-2,21H2,(H,22,23,24,25). The summed E-state index contributed by atoms with van der Waals surface area (Å²) in [6, 6.07) is 11.1. The first kappa shape index (κ1) is 23.0. The zero-order valence-corrected chi connectivity index (χ0v) is 18.0. The first-order valence-corrected chi connectivity index (χ1v) is 11.8. The molecule has 0 bridgehead atoms. The Hall–Kier alpha value is -3.68. The van der Waals surface area contributed by atoms with E-state index in [1.54, 1.807) is 0 Å². The van der Waals surface area contributed by atoms with E-state index >= 15 is 0 Å². The predicted octanol–water partition coefficient (Wildman–Crippen LogP) is 2.60. The number of sulfone groups is 2. The summed E-state index contributed by atoms with van der Waals surface area (Å²) < 4.78 is 61.6. The average molecular weight is 477 g/mol. The smallest absolute Gasteiger partial charge is 0.315 e. The Labute approximate surface area is 183 Å². The predicted molar refractivity (Wildman–Crippen MR) is 117 cm³/mol. The maximum Gasteiger partial charge on any atom is 0.315 e. The molecular weight excluding hydrogens is 459 g/mol. The van der Waals surface area contributed by atoms with Gasteiger partial charge in [-0.3, -0.25) is 0 Å². The number of aromatic nitrogens is 3. The number of hydrogen-bond donors (Lipinski definition) is 2. The highest BCUT2D eigenvalue weighted by Crippen LogP contribution is 2.24. The number of benzene rings is 2. The maximum absolute atomic E-state index is 14.0. The van der Waals surface area contributed by atoms with Gasteiger partial charge in [0.1, 0.15) is 0 Å². The first-order chi connectivity index (χ1) is 15.1. The Bertz CT molecular complexity index is 1390. The van der Waals surface area contributed by atoms with Crippen LogP contribution in [-0.4, -0.2) is 31.8 Å². The summed E-state index contributed by atoms with van der Waals surface area (Å²) in [6.07, 6.45) is -1.14. The monoisotopic (exact) mass is 476 g/mol. The first-order valence-electron chi connectivity index (χ1n) is 8.74. The van der Waals surface area contributed by atoms with Crippen LogP contribution in [-0.2, 0) is 19.7 Å². The minimum absolute atomic E-state index is 0.0306. The molecule has 0 saturated carbocycles. The van der Waals surface area contributed by atoms with Crippen LogP contribution < -0.4 is 16.2 Å². The molecule has 0 radical (unpaired) electrons. The number of nitrogens with one attached hydrogen (secondary N) is 1. The number of hydrazine groups is 1. The maximum atomic E-state index is 14.0. The number of nitrogens with zero attached hydrogens (tertiary/aromatic N) is 4. The highest BCUT2D eigenvalue weighted by Gasteiger charge is 2.16. The zero-order chi connectivity index (χ0) is 23.5. The molecule has 0 aliphatic rings. The molecule has 0 fully saturated rings. The van der Waals surface area contributed by atoms with Crippen LogP contribution in [0.25, 0.3) is 0 Å². The highest BCUT2D eigenvalue weighted by atomic mass is 32.2.